The zero-order valence-corrected chi connectivity index (χ0v) is 11.8. The van der Waals surface area contributed by atoms with Gasteiger partial charge in [-0.1, -0.05) is 36.6 Å². The van der Waals surface area contributed by atoms with Crippen LogP contribution in [0.4, 0.5) is 0 Å². The first kappa shape index (κ1) is 14.4. The van der Waals surface area contributed by atoms with Crippen LogP contribution in [0.1, 0.15) is 50.1 Å². The lowest BCUT2D eigenvalue weighted by Gasteiger charge is -2.30. The maximum atomic E-state index is 11.3. The molecule has 19 heavy (non-hydrogen) atoms. The minimum absolute atomic E-state index is 0.00485. The minimum atomic E-state index is -0.217. The summed E-state index contributed by atoms with van der Waals surface area (Å²) >= 11 is 5.88. The zero-order valence-electron chi connectivity index (χ0n) is 11.1. The van der Waals surface area contributed by atoms with Crippen molar-refractivity contribution in [3.63, 3.8) is 0 Å². The molecule has 0 spiro atoms. The number of halogens is 1. The molecule has 1 unspecified atom stereocenters. The number of carbonyl (C=O) groups excluding carboxylic acids is 1. The Labute approximate surface area is 119 Å². The molecule has 104 valence electrons. The summed E-state index contributed by atoms with van der Waals surface area (Å²) in [4.78, 5) is 11.3. The van der Waals surface area contributed by atoms with Gasteiger partial charge in [0.2, 0.25) is 5.91 Å². The lowest BCUT2D eigenvalue weighted by atomic mass is 9.76. The third kappa shape index (κ3) is 3.71. The number of hydrogen-bond acceptors (Lipinski definition) is 2. The van der Waals surface area contributed by atoms with E-state index in [0.717, 1.165) is 24.8 Å². The number of rotatable bonds is 5. The largest absolute Gasteiger partial charge is 0.370 e. The highest BCUT2D eigenvalue weighted by molar-refractivity contribution is 6.30. The first-order chi connectivity index (χ1) is 9.01. The fraction of sp³-hybridized carbons (Fsp3) is 0.533. The summed E-state index contributed by atoms with van der Waals surface area (Å²) in [7, 11) is 0. The Kier molecular flexibility index (Phi) is 4.48. The van der Waals surface area contributed by atoms with Gasteiger partial charge in [0.1, 0.15) is 0 Å². The molecule has 0 aromatic heterocycles. The Morgan fingerprint density at radius 1 is 1.26 bits per heavy atom. The summed E-state index contributed by atoms with van der Waals surface area (Å²) in [6.45, 7) is 0. The van der Waals surface area contributed by atoms with Gasteiger partial charge in [-0.25, -0.2) is 0 Å². The van der Waals surface area contributed by atoms with E-state index < -0.39 is 0 Å². The number of hydrogen-bond donors (Lipinski definition) is 2. The Morgan fingerprint density at radius 3 is 2.37 bits per heavy atom. The second kappa shape index (κ2) is 5.93. The molecule has 1 aliphatic rings. The summed E-state index contributed by atoms with van der Waals surface area (Å²) in [5, 5.41) is 0.712. The summed E-state index contributed by atoms with van der Waals surface area (Å²) < 4.78 is 0. The molecular formula is C15H21ClN2O. The average Bonchev–Trinajstić information content (AvgIpc) is 2.77. The first-order valence-corrected chi connectivity index (χ1v) is 7.18. The van der Waals surface area contributed by atoms with Crippen LogP contribution in [0.15, 0.2) is 24.3 Å². The van der Waals surface area contributed by atoms with E-state index in [0.29, 0.717) is 11.4 Å². The molecule has 0 heterocycles. The molecular weight excluding hydrogens is 260 g/mol. The van der Waals surface area contributed by atoms with Gasteiger partial charge in [-0.15, -0.1) is 0 Å². The van der Waals surface area contributed by atoms with Crippen LogP contribution in [-0.4, -0.2) is 5.91 Å². The van der Waals surface area contributed by atoms with Crippen LogP contribution in [-0.2, 0) is 4.79 Å². The second-order valence-electron chi connectivity index (χ2n) is 5.71. The lowest BCUT2D eigenvalue weighted by molar-refractivity contribution is -0.120. The molecule has 0 aliphatic heterocycles. The standard InChI is InChI=1S/C15H21ClN2O/c16-12-5-3-11(4-6-12)13(17)9-15(10-14(18)19)7-1-2-8-15/h3-6,13H,1-2,7-10,17H2,(H2,18,19). The second-order valence-corrected chi connectivity index (χ2v) is 6.15. The highest BCUT2D eigenvalue weighted by atomic mass is 35.5. The highest BCUT2D eigenvalue weighted by Gasteiger charge is 2.36. The number of nitrogens with two attached hydrogens (primary N) is 2. The Balaban J connectivity index is 2.08. The Morgan fingerprint density at radius 2 is 1.84 bits per heavy atom. The predicted molar refractivity (Wildman–Crippen MR) is 77.7 cm³/mol. The SMILES string of the molecule is NC(=O)CC1(CC(N)c2ccc(Cl)cc2)CCCC1. The van der Waals surface area contributed by atoms with Crippen LogP contribution in [0.3, 0.4) is 0 Å². The fourth-order valence-corrected chi connectivity index (χ4v) is 3.37. The van der Waals surface area contributed by atoms with Gasteiger partial charge in [0.25, 0.3) is 0 Å². The maximum Gasteiger partial charge on any atom is 0.217 e. The Bertz CT molecular complexity index is 438. The highest BCUT2D eigenvalue weighted by Crippen LogP contribution is 2.46. The predicted octanol–water partition coefficient (Wildman–Crippen LogP) is 3.17. The number of carbonyl (C=O) groups is 1. The summed E-state index contributed by atoms with van der Waals surface area (Å²) in [5.74, 6) is -0.217. The van der Waals surface area contributed by atoms with Crippen molar-refractivity contribution in [2.24, 2.45) is 16.9 Å². The summed E-state index contributed by atoms with van der Waals surface area (Å²) in [6.07, 6.45) is 5.71. The number of amides is 1. The van der Waals surface area contributed by atoms with E-state index in [4.69, 9.17) is 23.1 Å². The normalized spacial score (nSPS) is 19.3. The van der Waals surface area contributed by atoms with E-state index in [9.17, 15) is 4.79 Å². The van der Waals surface area contributed by atoms with E-state index in [1.54, 1.807) is 0 Å². The first-order valence-electron chi connectivity index (χ1n) is 6.80. The minimum Gasteiger partial charge on any atom is -0.370 e. The molecule has 1 amide bonds. The molecule has 1 fully saturated rings. The third-order valence-corrected chi connectivity index (χ3v) is 4.42. The summed E-state index contributed by atoms with van der Waals surface area (Å²) in [6, 6.07) is 7.56. The van der Waals surface area contributed by atoms with Gasteiger partial charge in [-0.05, 0) is 42.4 Å². The van der Waals surface area contributed by atoms with Crippen molar-refractivity contribution in [2.45, 2.75) is 44.6 Å². The van der Waals surface area contributed by atoms with Crippen LogP contribution in [0, 0.1) is 5.41 Å². The molecule has 0 saturated heterocycles. The van der Waals surface area contributed by atoms with Crippen molar-refractivity contribution in [3.05, 3.63) is 34.9 Å². The lowest BCUT2D eigenvalue weighted by Crippen LogP contribution is -2.29. The molecule has 0 bridgehead atoms. The number of benzene rings is 1. The zero-order chi connectivity index (χ0) is 13.9. The smallest absolute Gasteiger partial charge is 0.217 e. The quantitative estimate of drug-likeness (QED) is 0.870. The monoisotopic (exact) mass is 280 g/mol. The molecule has 3 nitrogen and oxygen atoms in total. The van der Waals surface area contributed by atoms with Crippen LogP contribution in [0.25, 0.3) is 0 Å². The average molecular weight is 281 g/mol. The molecule has 4 N–H and O–H groups in total. The van der Waals surface area contributed by atoms with Crippen LogP contribution >= 0.6 is 11.6 Å². The molecule has 1 aromatic rings. The summed E-state index contributed by atoms with van der Waals surface area (Å²) in [5.41, 5.74) is 12.8. The van der Waals surface area contributed by atoms with Crippen molar-refractivity contribution in [3.8, 4) is 0 Å². The van der Waals surface area contributed by atoms with Gasteiger partial charge < -0.3 is 11.5 Å². The Hall–Kier alpha value is -1.06. The fourth-order valence-electron chi connectivity index (χ4n) is 3.24. The van der Waals surface area contributed by atoms with Gasteiger partial charge in [0.15, 0.2) is 0 Å². The van der Waals surface area contributed by atoms with E-state index in [-0.39, 0.29) is 17.4 Å². The molecule has 1 atom stereocenters. The van der Waals surface area contributed by atoms with Crippen LogP contribution < -0.4 is 11.5 Å². The third-order valence-electron chi connectivity index (χ3n) is 4.16. The van der Waals surface area contributed by atoms with Crippen molar-refractivity contribution < 1.29 is 4.79 Å². The van der Waals surface area contributed by atoms with Crippen molar-refractivity contribution >= 4 is 17.5 Å². The molecule has 1 saturated carbocycles. The molecule has 2 rings (SSSR count). The van der Waals surface area contributed by atoms with Gasteiger partial charge >= 0.3 is 0 Å². The molecule has 1 aliphatic carbocycles. The van der Waals surface area contributed by atoms with E-state index in [1.807, 2.05) is 24.3 Å². The van der Waals surface area contributed by atoms with Gasteiger partial charge in [0.05, 0.1) is 0 Å². The van der Waals surface area contributed by atoms with Crippen molar-refractivity contribution in [2.75, 3.05) is 0 Å². The molecule has 4 heteroatoms. The number of primary amides is 1. The van der Waals surface area contributed by atoms with Crippen molar-refractivity contribution in [1.29, 1.82) is 0 Å². The van der Waals surface area contributed by atoms with Gasteiger partial charge in [0, 0.05) is 17.5 Å². The van der Waals surface area contributed by atoms with Crippen LogP contribution in [0.5, 0.6) is 0 Å². The van der Waals surface area contributed by atoms with Crippen LogP contribution in [0.2, 0.25) is 5.02 Å². The van der Waals surface area contributed by atoms with Crippen molar-refractivity contribution in [1.82, 2.24) is 0 Å². The maximum absolute atomic E-state index is 11.3. The van der Waals surface area contributed by atoms with Gasteiger partial charge in [-0.2, -0.15) is 0 Å². The van der Waals surface area contributed by atoms with Gasteiger partial charge in [-0.3, -0.25) is 4.79 Å². The van der Waals surface area contributed by atoms with E-state index in [1.165, 1.54) is 12.8 Å². The van der Waals surface area contributed by atoms with E-state index >= 15 is 0 Å². The topological polar surface area (TPSA) is 69.1 Å². The molecule has 0 radical (unpaired) electrons. The van der Waals surface area contributed by atoms with E-state index in [2.05, 4.69) is 0 Å². The molecule has 1 aromatic carbocycles.